The molecular formula is C14H20N4. The molecule has 1 atom stereocenters. The monoisotopic (exact) mass is 244 g/mol. The summed E-state index contributed by atoms with van der Waals surface area (Å²) < 4.78 is 0. The summed E-state index contributed by atoms with van der Waals surface area (Å²) in [5.74, 6) is 0. The average Bonchev–Trinajstić information content (AvgIpc) is 2.46. The molecule has 2 rings (SSSR count). The molecule has 0 aliphatic carbocycles. The lowest BCUT2D eigenvalue weighted by atomic mass is 10.2. The molecule has 2 N–H and O–H groups in total. The lowest BCUT2D eigenvalue weighted by Crippen LogP contribution is -2.49. The van der Waals surface area contributed by atoms with Gasteiger partial charge in [-0.25, -0.2) is 0 Å². The summed E-state index contributed by atoms with van der Waals surface area (Å²) in [6.45, 7) is 7.60. The van der Waals surface area contributed by atoms with E-state index in [1.165, 1.54) is 0 Å². The summed E-state index contributed by atoms with van der Waals surface area (Å²) in [5, 5.41) is 15.5. The van der Waals surface area contributed by atoms with Crippen molar-refractivity contribution in [1.29, 1.82) is 5.26 Å². The van der Waals surface area contributed by atoms with Gasteiger partial charge in [0.1, 0.15) is 0 Å². The Morgan fingerprint density at radius 2 is 2.00 bits per heavy atom. The molecule has 96 valence electrons. The fraction of sp³-hybridized carbons (Fsp3) is 0.500. The van der Waals surface area contributed by atoms with Gasteiger partial charge in [-0.1, -0.05) is 0 Å². The zero-order chi connectivity index (χ0) is 12.8. The van der Waals surface area contributed by atoms with E-state index in [9.17, 15) is 0 Å². The Kier molecular flexibility index (Phi) is 4.57. The molecule has 4 nitrogen and oxygen atoms in total. The predicted octanol–water partition coefficient (Wildman–Crippen LogP) is 1.26. The largest absolute Gasteiger partial charge is 0.383 e. The first-order chi connectivity index (χ1) is 8.79. The second-order valence-electron chi connectivity index (χ2n) is 4.71. The minimum Gasteiger partial charge on any atom is -0.383 e. The number of nitriles is 1. The number of hydrogen-bond acceptors (Lipinski definition) is 4. The third-order valence-corrected chi connectivity index (χ3v) is 3.39. The number of anilines is 1. The fourth-order valence-corrected chi connectivity index (χ4v) is 2.18. The second-order valence-corrected chi connectivity index (χ2v) is 4.71. The van der Waals surface area contributed by atoms with Crippen molar-refractivity contribution in [2.24, 2.45) is 0 Å². The van der Waals surface area contributed by atoms with Crippen molar-refractivity contribution in [2.75, 3.05) is 38.0 Å². The van der Waals surface area contributed by atoms with Crippen LogP contribution in [0.15, 0.2) is 24.3 Å². The van der Waals surface area contributed by atoms with Crippen molar-refractivity contribution in [1.82, 2.24) is 10.2 Å². The summed E-state index contributed by atoms with van der Waals surface area (Å²) in [7, 11) is 0. The van der Waals surface area contributed by atoms with Gasteiger partial charge in [0.2, 0.25) is 0 Å². The first-order valence-electron chi connectivity index (χ1n) is 6.48. The van der Waals surface area contributed by atoms with Gasteiger partial charge in [0.05, 0.1) is 11.6 Å². The lowest BCUT2D eigenvalue weighted by Gasteiger charge is -2.33. The van der Waals surface area contributed by atoms with Crippen LogP contribution >= 0.6 is 0 Å². The number of nitrogens with zero attached hydrogens (tertiary/aromatic N) is 2. The Labute approximate surface area is 109 Å². The van der Waals surface area contributed by atoms with Crippen LogP contribution in [0.1, 0.15) is 12.5 Å². The third kappa shape index (κ3) is 3.46. The molecule has 1 aliphatic rings. The minimum atomic E-state index is 0.530. The molecule has 4 heteroatoms. The molecule has 0 amide bonds. The molecule has 0 spiro atoms. The molecule has 0 bridgehead atoms. The highest BCUT2D eigenvalue weighted by Gasteiger charge is 2.15. The topological polar surface area (TPSA) is 51.1 Å². The van der Waals surface area contributed by atoms with Gasteiger partial charge >= 0.3 is 0 Å². The normalized spacial score (nSPS) is 18.0. The fourth-order valence-electron chi connectivity index (χ4n) is 2.18. The van der Waals surface area contributed by atoms with Crippen LogP contribution in [0.25, 0.3) is 0 Å². The van der Waals surface area contributed by atoms with Crippen molar-refractivity contribution in [3.63, 3.8) is 0 Å². The van der Waals surface area contributed by atoms with Gasteiger partial charge in [-0.3, -0.25) is 4.90 Å². The van der Waals surface area contributed by atoms with E-state index in [1.807, 2.05) is 24.3 Å². The Balaban J connectivity index is 1.81. The number of benzene rings is 1. The van der Waals surface area contributed by atoms with E-state index < -0.39 is 0 Å². The van der Waals surface area contributed by atoms with Crippen molar-refractivity contribution in [2.45, 2.75) is 13.0 Å². The Morgan fingerprint density at radius 3 is 2.61 bits per heavy atom. The number of rotatable bonds is 4. The van der Waals surface area contributed by atoms with Crippen molar-refractivity contribution < 1.29 is 0 Å². The minimum absolute atomic E-state index is 0.530. The van der Waals surface area contributed by atoms with Gasteiger partial charge in [0.25, 0.3) is 0 Å². The van der Waals surface area contributed by atoms with Gasteiger partial charge in [-0.05, 0) is 31.2 Å². The molecule has 0 aromatic heterocycles. The lowest BCUT2D eigenvalue weighted by molar-refractivity contribution is 0.191. The van der Waals surface area contributed by atoms with Crippen molar-refractivity contribution in [3.8, 4) is 6.07 Å². The quantitative estimate of drug-likeness (QED) is 0.837. The molecule has 1 unspecified atom stereocenters. The van der Waals surface area contributed by atoms with Crippen LogP contribution in [0.5, 0.6) is 0 Å². The summed E-state index contributed by atoms with van der Waals surface area (Å²) in [4.78, 5) is 2.49. The Hall–Kier alpha value is -1.57. The van der Waals surface area contributed by atoms with Crippen LogP contribution in [0.3, 0.4) is 0 Å². The first-order valence-corrected chi connectivity index (χ1v) is 6.48. The molecule has 1 fully saturated rings. The molecule has 1 aliphatic heterocycles. The maximum Gasteiger partial charge on any atom is 0.0991 e. The number of piperazine rings is 1. The van der Waals surface area contributed by atoms with E-state index in [4.69, 9.17) is 5.26 Å². The van der Waals surface area contributed by atoms with Gasteiger partial charge in [-0.15, -0.1) is 0 Å². The van der Waals surface area contributed by atoms with E-state index in [1.54, 1.807) is 0 Å². The van der Waals surface area contributed by atoms with Gasteiger partial charge in [0.15, 0.2) is 0 Å². The standard InChI is InChI=1S/C14H20N4/c1-12(18-8-6-16-7-9-18)11-17-14-4-2-13(10-15)3-5-14/h2-5,12,16-17H,6-9,11H2,1H3. The third-order valence-electron chi connectivity index (χ3n) is 3.39. The molecule has 1 aromatic rings. The van der Waals surface area contributed by atoms with Gasteiger partial charge in [-0.2, -0.15) is 5.26 Å². The number of nitrogens with one attached hydrogen (secondary N) is 2. The summed E-state index contributed by atoms with van der Waals surface area (Å²) in [6, 6.07) is 10.3. The number of hydrogen-bond donors (Lipinski definition) is 2. The van der Waals surface area contributed by atoms with Crippen molar-refractivity contribution in [3.05, 3.63) is 29.8 Å². The molecule has 1 aromatic carbocycles. The van der Waals surface area contributed by atoms with Gasteiger partial charge < -0.3 is 10.6 Å². The zero-order valence-corrected chi connectivity index (χ0v) is 10.8. The maximum absolute atomic E-state index is 8.73. The van der Waals surface area contributed by atoms with E-state index in [-0.39, 0.29) is 0 Å². The van der Waals surface area contributed by atoms with Crippen LogP contribution in [-0.2, 0) is 0 Å². The molecule has 0 saturated carbocycles. The second kappa shape index (κ2) is 6.39. The molecule has 0 radical (unpaired) electrons. The highest BCUT2D eigenvalue weighted by molar-refractivity contribution is 5.47. The average molecular weight is 244 g/mol. The Morgan fingerprint density at radius 1 is 1.33 bits per heavy atom. The smallest absolute Gasteiger partial charge is 0.0991 e. The SMILES string of the molecule is CC(CNc1ccc(C#N)cc1)N1CCNCC1. The predicted molar refractivity (Wildman–Crippen MR) is 73.6 cm³/mol. The molecule has 1 heterocycles. The highest BCUT2D eigenvalue weighted by Crippen LogP contribution is 2.10. The Bertz CT molecular complexity index is 401. The molecule has 1 saturated heterocycles. The maximum atomic E-state index is 8.73. The van der Waals surface area contributed by atoms with Crippen LogP contribution < -0.4 is 10.6 Å². The van der Waals surface area contributed by atoms with Crippen molar-refractivity contribution >= 4 is 5.69 Å². The molecule has 18 heavy (non-hydrogen) atoms. The zero-order valence-electron chi connectivity index (χ0n) is 10.8. The van der Waals surface area contributed by atoms with E-state index >= 15 is 0 Å². The van der Waals surface area contributed by atoms with Crippen LogP contribution in [0.4, 0.5) is 5.69 Å². The summed E-state index contributed by atoms with van der Waals surface area (Å²) in [6.07, 6.45) is 0. The van der Waals surface area contributed by atoms with Crippen LogP contribution in [0, 0.1) is 11.3 Å². The first kappa shape index (κ1) is 12.9. The van der Waals surface area contributed by atoms with E-state index in [0.29, 0.717) is 11.6 Å². The van der Waals surface area contributed by atoms with Crippen LogP contribution in [0.2, 0.25) is 0 Å². The van der Waals surface area contributed by atoms with Crippen LogP contribution in [-0.4, -0.2) is 43.7 Å². The highest BCUT2D eigenvalue weighted by atomic mass is 15.2. The van der Waals surface area contributed by atoms with Gasteiger partial charge in [0, 0.05) is 44.5 Å². The van der Waals surface area contributed by atoms with E-state index in [0.717, 1.165) is 38.4 Å². The van der Waals surface area contributed by atoms with E-state index in [2.05, 4.69) is 28.5 Å². The summed E-state index contributed by atoms with van der Waals surface area (Å²) >= 11 is 0. The molecular weight excluding hydrogens is 224 g/mol. The summed E-state index contributed by atoms with van der Waals surface area (Å²) in [5.41, 5.74) is 1.78.